The van der Waals surface area contributed by atoms with Crippen molar-refractivity contribution in [2.75, 3.05) is 13.1 Å². The highest BCUT2D eigenvalue weighted by Gasteiger charge is 2.24. The number of halogens is 2. The minimum absolute atomic E-state index is 0. The Morgan fingerprint density at radius 3 is 2.52 bits per heavy atom. The molecule has 8 nitrogen and oxygen atoms in total. The first kappa shape index (κ1) is 25.1. The maximum absolute atomic E-state index is 13.0. The van der Waals surface area contributed by atoms with Crippen molar-refractivity contribution in [2.24, 2.45) is 0 Å². The lowest BCUT2D eigenvalue weighted by Crippen LogP contribution is -2.39. The predicted molar refractivity (Wildman–Crippen MR) is 117 cm³/mol. The molecule has 2 aromatic rings. The summed E-state index contributed by atoms with van der Waals surface area (Å²) in [6, 6.07) is 1.81. The lowest BCUT2D eigenvalue weighted by Gasteiger charge is -2.25. The molecule has 0 saturated carbocycles. The molecular weight excluding hydrogens is 415 g/mol. The van der Waals surface area contributed by atoms with Crippen LogP contribution in [0.15, 0.2) is 23.4 Å². The van der Waals surface area contributed by atoms with Gasteiger partial charge < -0.3 is 19.8 Å². The van der Waals surface area contributed by atoms with Crippen molar-refractivity contribution >= 4 is 30.7 Å². The number of pyridine rings is 1. The number of piperidine rings is 1. The molecule has 1 amide bonds. The van der Waals surface area contributed by atoms with Gasteiger partial charge in [0, 0.05) is 18.3 Å². The van der Waals surface area contributed by atoms with Gasteiger partial charge in [-0.1, -0.05) is 0 Å². The third kappa shape index (κ3) is 5.38. The fourth-order valence-corrected chi connectivity index (χ4v) is 3.58. The van der Waals surface area contributed by atoms with Crippen molar-refractivity contribution in [1.82, 2.24) is 30.0 Å². The fraction of sp³-hybridized carbons (Fsp3) is 0.579. The maximum Gasteiger partial charge on any atom is 0.263 e. The van der Waals surface area contributed by atoms with E-state index in [2.05, 4.69) is 20.8 Å². The van der Waals surface area contributed by atoms with Gasteiger partial charge in [-0.25, -0.2) is 0 Å². The lowest BCUT2D eigenvalue weighted by molar-refractivity contribution is 0.0934. The molecule has 1 unspecified atom stereocenters. The van der Waals surface area contributed by atoms with Gasteiger partial charge in [0.05, 0.1) is 6.04 Å². The zero-order valence-electron chi connectivity index (χ0n) is 17.2. The second-order valence-corrected chi connectivity index (χ2v) is 7.45. The number of carbonyl (C=O) groups excluding carboxylic acids is 1. The molecule has 0 radical (unpaired) electrons. The van der Waals surface area contributed by atoms with Gasteiger partial charge in [-0.3, -0.25) is 9.59 Å². The summed E-state index contributed by atoms with van der Waals surface area (Å²) < 4.78 is 3.63. The normalized spacial score (nSPS) is 15.3. The van der Waals surface area contributed by atoms with Crippen molar-refractivity contribution in [1.29, 1.82) is 0 Å². The molecule has 10 heteroatoms. The Balaban J connectivity index is 0.00000210. The van der Waals surface area contributed by atoms with E-state index >= 15 is 0 Å². The third-order valence-electron chi connectivity index (χ3n) is 5.15. The first-order valence-corrected chi connectivity index (χ1v) is 9.53. The summed E-state index contributed by atoms with van der Waals surface area (Å²) in [6.45, 7) is 9.47. The molecule has 1 saturated heterocycles. The molecule has 2 aromatic heterocycles. The van der Waals surface area contributed by atoms with Crippen LogP contribution in [0.1, 0.15) is 73.5 Å². The van der Waals surface area contributed by atoms with Crippen LogP contribution >= 0.6 is 24.8 Å². The SMILES string of the molecule is Cc1ccn(C2CCNCC2)c(=O)c1C(=O)NC(C)c1nncn1C(C)C.Cl.Cl. The van der Waals surface area contributed by atoms with Gasteiger partial charge in [0.15, 0.2) is 5.82 Å². The minimum atomic E-state index is -0.369. The summed E-state index contributed by atoms with van der Waals surface area (Å²) in [4.78, 5) is 25.9. The number of hydrogen-bond donors (Lipinski definition) is 2. The zero-order chi connectivity index (χ0) is 19.6. The van der Waals surface area contributed by atoms with Crippen LogP contribution in [-0.2, 0) is 0 Å². The predicted octanol–water partition coefficient (Wildman–Crippen LogP) is 2.59. The summed E-state index contributed by atoms with van der Waals surface area (Å²) >= 11 is 0. The number of carbonyl (C=O) groups is 1. The molecule has 3 heterocycles. The summed E-state index contributed by atoms with van der Waals surface area (Å²) in [5.74, 6) is 0.303. The Morgan fingerprint density at radius 2 is 1.90 bits per heavy atom. The van der Waals surface area contributed by atoms with Crippen LogP contribution in [0.2, 0.25) is 0 Å². The Kier molecular flexibility index (Phi) is 9.32. The number of nitrogens with one attached hydrogen (secondary N) is 2. The summed E-state index contributed by atoms with van der Waals surface area (Å²) in [7, 11) is 0. The standard InChI is InChI=1S/C19H28N6O2.2ClH/c1-12(2)25-11-21-23-17(25)14(4)22-18(26)16-13(3)7-10-24(19(16)27)15-5-8-20-9-6-15;;/h7,10-12,14-15,20H,5-6,8-9H2,1-4H3,(H,22,26);2*1H. The second-order valence-electron chi connectivity index (χ2n) is 7.45. The number of aryl methyl sites for hydroxylation is 1. The highest BCUT2D eigenvalue weighted by molar-refractivity contribution is 5.95. The Morgan fingerprint density at radius 1 is 1.24 bits per heavy atom. The van der Waals surface area contributed by atoms with Gasteiger partial charge in [0.2, 0.25) is 0 Å². The molecule has 1 aliphatic heterocycles. The molecule has 0 aliphatic carbocycles. The van der Waals surface area contributed by atoms with Crippen molar-refractivity contribution in [2.45, 2.75) is 58.7 Å². The Labute approximate surface area is 183 Å². The molecule has 3 rings (SSSR count). The molecule has 1 aliphatic rings. The number of hydrogen-bond acceptors (Lipinski definition) is 5. The number of nitrogens with zero attached hydrogens (tertiary/aromatic N) is 4. The average molecular weight is 445 g/mol. The molecule has 2 N–H and O–H groups in total. The molecule has 162 valence electrons. The van der Waals surface area contributed by atoms with E-state index in [4.69, 9.17) is 0 Å². The molecule has 29 heavy (non-hydrogen) atoms. The molecule has 0 aromatic carbocycles. The van der Waals surface area contributed by atoms with Gasteiger partial charge in [-0.05, 0) is 65.3 Å². The molecule has 1 fully saturated rings. The van der Waals surface area contributed by atoms with E-state index < -0.39 is 0 Å². The van der Waals surface area contributed by atoms with Gasteiger partial charge >= 0.3 is 0 Å². The lowest BCUT2D eigenvalue weighted by atomic mass is 10.0. The van der Waals surface area contributed by atoms with Crippen molar-refractivity contribution < 1.29 is 4.79 Å². The van der Waals surface area contributed by atoms with Crippen LogP contribution in [0.5, 0.6) is 0 Å². The third-order valence-corrected chi connectivity index (χ3v) is 5.15. The Bertz CT molecular complexity index is 874. The zero-order valence-corrected chi connectivity index (χ0v) is 18.8. The van der Waals surface area contributed by atoms with E-state index in [0.29, 0.717) is 11.4 Å². The van der Waals surface area contributed by atoms with Crippen LogP contribution in [0, 0.1) is 6.92 Å². The van der Waals surface area contributed by atoms with Gasteiger partial charge in [0.25, 0.3) is 11.5 Å². The fourth-order valence-electron chi connectivity index (χ4n) is 3.58. The maximum atomic E-state index is 13.0. The first-order valence-electron chi connectivity index (χ1n) is 9.53. The van der Waals surface area contributed by atoms with E-state index in [9.17, 15) is 9.59 Å². The molecule has 0 bridgehead atoms. The van der Waals surface area contributed by atoms with E-state index in [1.54, 1.807) is 17.8 Å². The number of rotatable bonds is 5. The van der Waals surface area contributed by atoms with Gasteiger partial charge in [-0.2, -0.15) is 0 Å². The van der Waals surface area contributed by atoms with Crippen molar-refractivity contribution in [3.05, 3.63) is 45.9 Å². The van der Waals surface area contributed by atoms with Gasteiger partial charge in [0.1, 0.15) is 11.9 Å². The van der Waals surface area contributed by atoms with Gasteiger partial charge in [-0.15, -0.1) is 35.0 Å². The number of amides is 1. The molecule has 0 spiro atoms. The molecule has 1 atom stereocenters. The summed E-state index contributed by atoms with van der Waals surface area (Å²) in [5, 5.41) is 14.3. The topological polar surface area (TPSA) is 93.8 Å². The van der Waals surface area contributed by atoms with Crippen molar-refractivity contribution in [3.8, 4) is 0 Å². The van der Waals surface area contributed by atoms with Crippen LogP contribution in [-0.4, -0.2) is 38.3 Å². The monoisotopic (exact) mass is 444 g/mol. The average Bonchev–Trinajstić information content (AvgIpc) is 3.13. The summed E-state index contributed by atoms with van der Waals surface area (Å²) in [6.07, 6.45) is 5.24. The largest absolute Gasteiger partial charge is 0.342 e. The highest BCUT2D eigenvalue weighted by Crippen LogP contribution is 2.18. The first-order chi connectivity index (χ1) is 12.9. The minimum Gasteiger partial charge on any atom is -0.342 e. The van der Waals surface area contributed by atoms with Crippen LogP contribution in [0.3, 0.4) is 0 Å². The van der Waals surface area contributed by atoms with E-state index in [1.807, 2.05) is 37.6 Å². The second kappa shape index (κ2) is 10.8. The highest BCUT2D eigenvalue weighted by atomic mass is 35.5. The van der Waals surface area contributed by atoms with Crippen LogP contribution in [0.25, 0.3) is 0 Å². The quantitative estimate of drug-likeness (QED) is 0.738. The number of aromatic nitrogens is 4. The van der Waals surface area contributed by atoms with Crippen molar-refractivity contribution in [3.63, 3.8) is 0 Å². The van der Waals surface area contributed by atoms with E-state index in [1.165, 1.54) is 0 Å². The smallest absolute Gasteiger partial charge is 0.263 e. The Hall–Kier alpha value is -1.90. The van der Waals surface area contributed by atoms with Crippen LogP contribution in [0.4, 0.5) is 0 Å². The van der Waals surface area contributed by atoms with E-state index in [-0.39, 0.29) is 60.0 Å². The molecular formula is C19H30Cl2N6O2. The van der Waals surface area contributed by atoms with E-state index in [0.717, 1.165) is 25.9 Å². The summed E-state index contributed by atoms with van der Waals surface area (Å²) in [5.41, 5.74) is 0.663. The van der Waals surface area contributed by atoms with Crippen LogP contribution < -0.4 is 16.2 Å².